The van der Waals surface area contributed by atoms with Crippen LogP contribution in [0.3, 0.4) is 0 Å². The zero-order chi connectivity index (χ0) is 8.55. The van der Waals surface area contributed by atoms with Gasteiger partial charge in [-0.1, -0.05) is 6.07 Å². The molecule has 0 aliphatic heterocycles. The molecule has 12 heavy (non-hydrogen) atoms. The fraction of sp³-hybridized carbons (Fsp3) is 0.333. The second-order valence-corrected chi connectivity index (χ2v) is 4.58. The van der Waals surface area contributed by atoms with Crippen LogP contribution in [0.5, 0.6) is 5.75 Å². The zero-order valence-corrected chi connectivity index (χ0v) is 9.56. The lowest BCUT2D eigenvalue weighted by atomic mass is 10.3. The van der Waals surface area contributed by atoms with Gasteiger partial charge in [0.2, 0.25) is 0 Å². The van der Waals surface area contributed by atoms with Crippen molar-refractivity contribution in [3.63, 3.8) is 0 Å². The molecular formula is C9H8Br2O. The van der Waals surface area contributed by atoms with E-state index in [1.54, 1.807) is 0 Å². The highest BCUT2D eigenvalue weighted by atomic mass is 79.9. The molecule has 0 bridgehead atoms. The molecule has 0 N–H and O–H groups in total. The van der Waals surface area contributed by atoms with Gasteiger partial charge in [0.25, 0.3) is 0 Å². The van der Waals surface area contributed by atoms with Gasteiger partial charge in [0, 0.05) is 0 Å². The molecule has 1 aromatic carbocycles. The molecular weight excluding hydrogens is 284 g/mol. The summed E-state index contributed by atoms with van der Waals surface area (Å²) in [6, 6.07) is 5.96. The quantitative estimate of drug-likeness (QED) is 0.806. The first-order valence-electron chi connectivity index (χ1n) is 3.88. The molecule has 1 aromatic rings. The van der Waals surface area contributed by atoms with Crippen molar-refractivity contribution in [3.05, 3.63) is 27.1 Å². The zero-order valence-electron chi connectivity index (χ0n) is 6.39. The molecule has 0 unspecified atom stereocenters. The lowest BCUT2D eigenvalue weighted by Gasteiger charge is -2.08. The van der Waals surface area contributed by atoms with E-state index in [-0.39, 0.29) is 0 Å². The van der Waals surface area contributed by atoms with E-state index in [1.165, 1.54) is 12.8 Å². The van der Waals surface area contributed by atoms with Crippen molar-refractivity contribution < 1.29 is 4.74 Å². The van der Waals surface area contributed by atoms with Crippen molar-refractivity contribution in [1.82, 2.24) is 0 Å². The first kappa shape index (κ1) is 8.57. The average molecular weight is 292 g/mol. The Morgan fingerprint density at radius 2 is 1.75 bits per heavy atom. The lowest BCUT2D eigenvalue weighted by Crippen LogP contribution is -1.97. The van der Waals surface area contributed by atoms with Gasteiger partial charge in [0.15, 0.2) is 0 Å². The van der Waals surface area contributed by atoms with Gasteiger partial charge in [-0.05, 0) is 56.8 Å². The summed E-state index contributed by atoms with van der Waals surface area (Å²) in [5, 5.41) is 0. The fourth-order valence-electron chi connectivity index (χ4n) is 0.948. The van der Waals surface area contributed by atoms with Gasteiger partial charge < -0.3 is 4.74 Å². The highest BCUT2D eigenvalue weighted by Gasteiger charge is 2.25. The van der Waals surface area contributed by atoms with E-state index in [9.17, 15) is 0 Å². The predicted octanol–water partition coefficient (Wildman–Crippen LogP) is 3.75. The fourth-order valence-corrected chi connectivity index (χ4v) is 2.13. The molecule has 1 aliphatic carbocycles. The molecule has 0 heterocycles. The second kappa shape index (κ2) is 3.38. The number of hydrogen-bond donors (Lipinski definition) is 0. The number of hydrogen-bond acceptors (Lipinski definition) is 1. The largest absolute Gasteiger partial charge is 0.488 e. The molecule has 64 valence electrons. The van der Waals surface area contributed by atoms with Crippen LogP contribution < -0.4 is 4.74 Å². The summed E-state index contributed by atoms with van der Waals surface area (Å²) < 4.78 is 7.73. The van der Waals surface area contributed by atoms with E-state index in [4.69, 9.17) is 4.74 Å². The Morgan fingerprint density at radius 3 is 2.25 bits per heavy atom. The van der Waals surface area contributed by atoms with E-state index in [2.05, 4.69) is 31.9 Å². The van der Waals surface area contributed by atoms with Gasteiger partial charge in [0.05, 0.1) is 15.0 Å². The highest BCUT2D eigenvalue weighted by Crippen LogP contribution is 2.37. The second-order valence-electron chi connectivity index (χ2n) is 2.87. The van der Waals surface area contributed by atoms with Crippen molar-refractivity contribution in [3.8, 4) is 5.75 Å². The summed E-state index contributed by atoms with van der Waals surface area (Å²) in [5.41, 5.74) is 0. The van der Waals surface area contributed by atoms with Gasteiger partial charge >= 0.3 is 0 Å². The first-order chi connectivity index (χ1) is 5.77. The normalized spacial score (nSPS) is 16.2. The van der Waals surface area contributed by atoms with Crippen molar-refractivity contribution in [2.45, 2.75) is 18.9 Å². The molecule has 1 fully saturated rings. The third-order valence-corrected chi connectivity index (χ3v) is 2.98. The summed E-state index contributed by atoms with van der Waals surface area (Å²) in [6.45, 7) is 0. The Hall–Kier alpha value is -0.0200. The lowest BCUT2D eigenvalue weighted by molar-refractivity contribution is 0.299. The first-order valence-corrected chi connectivity index (χ1v) is 5.46. The number of benzene rings is 1. The number of ether oxygens (including phenoxy) is 1. The van der Waals surface area contributed by atoms with Crippen LogP contribution in [0.4, 0.5) is 0 Å². The van der Waals surface area contributed by atoms with Crippen LogP contribution in [0.25, 0.3) is 0 Å². The third-order valence-electron chi connectivity index (χ3n) is 1.73. The smallest absolute Gasteiger partial charge is 0.148 e. The van der Waals surface area contributed by atoms with E-state index in [0.29, 0.717) is 6.10 Å². The van der Waals surface area contributed by atoms with Crippen molar-refractivity contribution in [1.29, 1.82) is 0 Å². The molecule has 1 aliphatic rings. The molecule has 0 radical (unpaired) electrons. The van der Waals surface area contributed by atoms with Crippen molar-refractivity contribution in [2.24, 2.45) is 0 Å². The monoisotopic (exact) mass is 290 g/mol. The van der Waals surface area contributed by atoms with Gasteiger partial charge in [-0.2, -0.15) is 0 Å². The molecule has 0 saturated heterocycles. The van der Waals surface area contributed by atoms with Crippen LogP contribution in [0.1, 0.15) is 12.8 Å². The van der Waals surface area contributed by atoms with Crippen molar-refractivity contribution in [2.75, 3.05) is 0 Å². The number of rotatable bonds is 2. The summed E-state index contributed by atoms with van der Waals surface area (Å²) >= 11 is 6.90. The van der Waals surface area contributed by atoms with Gasteiger partial charge in [0.1, 0.15) is 5.75 Å². The Bertz CT molecular complexity index is 274. The average Bonchev–Trinajstić information content (AvgIpc) is 2.80. The summed E-state index contributed by atoms with van der Waals surface area (Å²) in [6.07, 6.45) is 2.82. The van der Waals surface area contributed by atoms with Gasteiger partial charge in [-0.25, -0.2) is 0 Å². The predicted molar refractivity (Wildman–Crippen MR) is 55.5 cm³/mol. The van der Waals surface area contributed by atoms with Crippen LogP contribution in [0.2, 0.25) is 0 Å². The molecule has 0 aromatic heterocycles. The summed E-state index contributed by atoms with van der Waals surface area (Å²) in [4.78, 5) is 0. The van der Waals surface area contributed by atoms with Gasteiger partial charge in [-0.15, -0.1) is 0 Å². The third kappa shape index (κ3) is 1.83. The topological polar surface area (TPSA) is 9.23 Å². The molecule has 0 spiro atoms. The maximum atomic E-state index is 5.69. The Kier molecular flexibility index (Phi) is 2.42. The molecule has 0 amide bonds. The van der Waals surface area contributed by atoms with Crippen LogP contribution in [-0.4, -0.2) is 6.10 Å². The minimum atomic E-state index is 0.444. The number of para-hydroxylation sites is 1. The van der Waals surface area contributed by atoms with E-state index < -0.39 is 0 Å². The van der Waals surface area contributed by atoms with Gasteiger partial charge in [-0.3, -0.25) is 0 Å². The maximum Gasteiger partial charge on any atom is 0.148 e. The van der Waals surface area contributed by atoms with E-state index in [1.807, 2.05) is 18.2 Å². The number of halogens is 2. The highest BCUT2D eigenvalue weighted by molar-refractivity contribution is 9.11. The van der Waals surface area contributed by atoms with Crippen LogP contribution in [0.15, 0.2) is 27.1 Å². The minimum absolute atomic E-state index is 0.444. The van der Waals surface area contributed by atoms with Crippen LogP contribution in [0, 0.1) is 0 Å². The van der Waals surface area contributed by atoms with E-state index in [0.717, 1.165) is 14.7 Å². The Labute approximate surface area is 88.4 Å². The van der Waals surface area contributed by atoms with Crippen LogP contribution >= 0.6 is 31.9 Å². The molecule has 0 atom stereocenters. The molecule has 2 rings (SSSR count). The summed E-state index contributed by atoms with van der Waals surface area (Å²) in [5.74, 6) is 0.931. The van der Waals surface area contributed by atoms with Crippen LogP contribution in [-0.2, 0) is 0 Å². The Morgan fingerprint density at radius 1 is 1.17 bits per heavy atom. The van der Waals surface area contributed by atoms with Crippen molar-refractivity contribution >= 4 is 31.9 Å². The minimum Gasteiger partial charge on any atom is -0.488 e. The molecule has 1 saturated carbocycles. The molecule has 3 heteroatoms. The standard InChI is InChI=1S/C9H8Br2O/c10-7-2-1-3-8(11)9(7)12-6-4-5-6/h1-3,6H,4-5H2. The molecule has 1 nitrogen and oxygen atoms in total. The Balaban J connectivity index is 2.26. The SMILES string of the molecule is Brc1cccc(Br)c1OC1CC1. The van der Waals surface area contributed by atoms with E-state index >= 15 is 0 Å². The summed E-state index contributed by atoms with van der Waals surface area (Å²) in [7, 11) is 0. The maximum absolute atomic E-state index is 5.69.